The van der Waals surface area contributed by atoms with E-state index in [-0.39, 0.29) is 45.6 Å². The molecular formula is C30H32Cl2N4O5S. The molecule has 3 amide bonds. The Bertz CT molecular complexity index is 1650. The highest BCUT2D eigenvalue weighted by Crippen LogP contribution is 2.32. The van der Waals surface area contributed by atoms with Gasteiger partial charge in [-0.25, -0.2) is 13.1 Å². The van der Waals surface area contributed by atoms with Crippen LogP contribution in [0.25, 0.3) is 10.8 Å². The zero-order valence-electron chi connectivity index (χ0n) is 23.2. The van der Waals surface area contributed by atoms with E-state index in [2.05, 4.69) is 10.0 Å². The summed E-state index contributed by atoms with van der Waals surface area (Å²) in [5, 5.41) is 5.18. The summed E-state index contributed by atoms with van der Waals surface area (Å²) in [5.74, 6) is -0.702. The lowest BCUT2D eigenvalue weighted by atomic mass is 10.0. The molecule has 0 saturated carbocycles. The van der Waals surface area contributed by atoms with Gasteiger partial charge in [-0.1, -0.05) is 67.4 Å². The number of halogens is 2. The molecule has 3 aromatic carbocycles. The van der Waals surface area contributed by atoms with Crippen LogP contribution in [0, 0.1) is 5.92 Å². The third kappa shape index (κ3) is 6.41. The van der Waals surface area contributed by atoms with Gasteiger partial charge in [0.25, 0.3) is 5.91 Å². The number of carbonyl (C=O) groups is 3. The van der Waals surface area contributed by atoms with Crippen LogP contribution in [0.3, 0.4) is 0 Å². The molecule has 2 saturated heterocycles. The van der Waals surface area contributed by atoms with E-state index in [1.807, 2.05) is 50.2 Å². The predicted octanol–water partition coefficient (Wildman–Crippen LogP) is 4.08. The van der Waals surface area contributed by atoms with Gasteiger partial charge >= 0.3 is 0 Å². The van der Waals surface area contributed by atoms with E-state index in [1.54, 1.807) is 15.9 Å². The fraction of sp³-hybridized carbons (Fsp3) is 0.367. The van der Waals surface area contributed by atoms with Crippen molar-refractivity contribution in [3.8, 4) is 0 Å². The van der Waals surface area contributed by atoms with Crippen molar-refractivity contribution in [3.63, 3.8) is 0 Å². The number of hydrogen-bond acceptors (Lipinski definition) is 5. The van der Waals surface area contributed by atoms with Crippen molar-refractivity contribution < 1.29 is 22.8 Å². The minimum Gasteiger partial charge on any atom is -0.340 e. The van der Waals surface area contributed by atoms with Crippen LogP contribution < -0.4 is 10.0 Å². The van der Waals surface area contributed by atoms with E-state index in [1.165, 1.54) is 18.2 Å². The molecule has 0 aromatic heterocycles. The molecule has 2 bridgehead atoms. The summed E-state index contributed by atoms with van der Waals surface area (Å²) in [4.78, 5) is 43.1. The Morgan fingerprint density at radius 3 is 2.29 bits per heavy atom. The van der Waals surface area contributed by atoms with Crippen molar-refractivity contribution in [2.45, 2.75) is 49.7 Å². The Hall–Kier alpha value is -3.18. The van der Waals surface area contributed by atoms with Gasteiger partial charge in [-0.3, -0.25) is 14.4 Å². The fourth-order valence-corrected chi connectivity index (χ4v) is 7.48. The van der Waals surface area contributed by atoms with Gasteiger partial charge in [0.15, 0.2) is 0 Å². The number of sulfonamides is 1. The second kappa shape index (κ2) is 12.2. The van der Waals surface area contributed by atoms with Crippen LogP contribution in [0.2, 0.25) is 10.0 Å². The Morgan fingerprint density at radius 2 is 1.62 bits per heavy atom. The normalized spacial score (nSPS) is 19.0. The first kappa shape index (κ1) is 30.3. The molecule has 12 heteroatoms. The van der Waals surface area contributed by atoms with E-state index in [4.69, 9.17) is 23.2 Å². The summed E-state index contributed by atoms with van der Waals surface area (Å²) in [6.45, 7) is 4.18. The van der Waals surface area contributed by atoms with Gasteiger partial charge in [-0.2, -0.15) is 0 Å². The first-order valence-corrected chi connectivity index (χ1v) is 16.0. The van der Waals surface area contributed by atoms with E-state index >= 15 is 0 Å². The van der Waals surface area contributed by atoms with Crippen molar-refractivity contribution in [1.29, 1.82) is 0 Å². The molecule has 2 aliphatic rings. The highest BCUT2D eigenvalue weighted by atomic mass is 35.5. The van der Waals surface area contributed by atoms with Gasteiger partial charge in [0, 0.05) is 23.7 Å². The number of amides is 3. The van der Waals surface area contributed by atoms with Gasteiger partial charge in [0.2, 0.25) is 21.8 Å². The number of fused-ring (bicyclic) bond motifs is 3. The summed E-state index contributed by atoms with van der Waals surface area (Å²) < 4.78 is 27.7. The molecule has 42 heavy (non-hydrogen) atoms. The SMILES string of the molecule is CC(C)C[C@H](NC(=O)c1ccc2ccccc2c1)C(=O)N1C[C@@H]2C[C@H]1CN2C(=O)CNS(=O)(=O)c1ccc(Cl)cc1Cl. The molecule has 3 aromatic rings. The summed E-state index contributed by atoms with van der Waals surface area (Å²) in [7, 11) is -4.03. The van der Waals surface area contributed by atoms with Crippen LogP contribution in [-0.4, -0.2) is 73.7 Å². The third-order valence-electron chi connectivity index (χ3n) is 7.76. The zero-order chi connectivity index (χ0) is 30.2. The number of hydrogen-bond donors (Lipinski definition) is 2. The molecule has 2 heterocycles. The van der Waals surface area contributed by atoms with Crippen molar-refractivity contribution in [3.05, 3.63) is 76.3 Å². The van der Waals surface area contributed by atoms with Gasteiger partial charge < -0.3 is 15.1 Å². The summed E-state index contributed by atoms with van der Waals surface area (Å²) in [5.41, 5.74) is 0.484. The van der Waals surface area contributed by atoms with Gasteiger partial charge in [-0.05, 0) is 59.9 Å². The lowest BCUT2D eigenvalue weighted by Gasteiger charge is -2.36. The minimum absolute atomic E-state index is 0.0412. The smallest absolute Gasteiger partial charge is 0.251 e. The standard InChI is InChI=1S/C30H32Cl2N4O5S/c1-18(2)11-26(34-29(38)21-8-7-19-5-3-4-6-20(19)12-21)30(39)36-17-23-14-24(36)16-35(23)28(37)15-33-42(40,41)27-10-9-22(31)13-25(27)32/h3-10,12-13,18,23-24,26,33H,11,14-17H2,1-2H3,(H,34,38)/t23-,24-,26-/m0/s1. The number of likely N-dealkylation sites (tertiary alicyclic amines) is 2. The van der Waals surface area contributed by atoms with Gasteiger partial charge in [0.05, 0.1) is 23.7 Å². The van der Waals surface area contributed by atoms with Crippen LogP contribution in [0.15, 0.2) is 65.6 Å². The minimum atomic E-state index is -4.03. The highest BCUT2D eigenvalue weighted by molar-refractivity contribution is 7.89. The van der Waals surface area contributed by atoms with Crippen LogP contribution in [0.5, 0.6) is 0 Å². The first-order valence-electron chi connectivity index (χ1n) is 13.8. The largest absolute Gasteiger partial charge is 0.340 e. The Kier molecular flexibility index (Phi) is 8.80. The Balaban J connectivity index is 1.21. The number of nitrogens with zero attached hydrogens (tertiary/aromatic N) is 2. The van der Waals surface area contributed by atoms with E-state index in [9.17, 15) is 22.8 Å². The number of nitrogens with one attached hydrogen (secondary N) is 2. The summed E-state index contributed by atoms with van der Waals surface area (Å²) in [6, 6.07) is 16.1. The quantitative estimate of drug-likeness (QED) is 0.370. The predicted molar refractivity (Wildman–Crippen MR) is 162 cm³/mol. The summed E-state index contributed by atoms with van der Waals surface area (Å²) in [6.07, 6.45) is 1.07. The van der Waals surface area contributed by atoms with Crippen molar-refractivity contribution in [2.75, 3.05) is 19.6 Å². The maximum atomic E-state index is 13.7. The third-order valence-corrected chi connectivity index (χ3v) is 9.88. The zero-order valence-corrected chi connectivity index (χ0v) is 25.5. The van der Waals surface area contributed by atoms with Gasteiger partial charge in [0.1, 0.15) is 10.9 Å². The van der Waals surface area contributed by atoms with Crippen molar-refractivity contribution in [2.24, 2.45) is 5.92 Å². The molecule has 2 fully saturated rings. The number of carbonyl (C=O) groups excluding carboxylic acids is 3. The maximum Gasteiger partial charge on any atom is 0.251 e. The molecule has 222 valence electrons. The molecule has 5 rings (SSSR count). The molecular weight excluding hydrogens is 599 g/mol. The second-order valence-electron chi connectivity index (χ2n) is 11.2. The molecule has 0 unspecified atom stereocenters. The molecule has 2 aliphatic heterocycles. The van der Waals surface area contributed by atoms with E-state index in [0.717, 1.165) is 10.8 Å². The lowest BCUT2D eigenvalue weighted by Crippen LogP contribution is -2.57. The Labute approximate surface area is 255 Å². The average Bonchev–Trinajstić information content (AvgIpc) is 3.56. The first-order chi connectivity index (χ1) is 19.9. The maximum absolute atomic E-state index is 13.7. The second-order valence-corrected chi connectivity index (χ2v) is 13.8. The van der Waals surface area contributed by atoms with E-state index in [0.29, 0.717) is 36.5 Å². The Morgan fingerprint density at radius 1 is 0.929 bits per heavy atom. The number of benzene rings is 3. The van der Waals surface area contributed by atoms with Crippen LogP contribution in [-0.2, 0) is 19.6 Å². The molecule has 0 aliphatic carbocycles. The molecule has 9 nitrogen and oxygen atoms in total. The average molecular weight is 632 g/mol. The topological polar surface area (TPSA) is 116 Å². The van der Waals surface area contributed by atoms with Crippen LogP contribution in [0.4, 0.5) is 0 Å². The number of piperazine rings is 1. The molecule has 2 N–H and O–H groups in total. The fourth-order valence-electron chi connectivity index (χ4n) is 5.74. The molecule has 0 radical (unpaired) electrons. The number of rotatable bonds is 9. The van der Waals surface area contributed by atoms with Crippen molar-refractivity contribution in [1.82, 2.24) is 19.8 Å². The van der Waals surface area contributed by atoms with Crippen LogP contribution >= 0.6 is 23.2 Å². The van der Waals surface area contributed by atoms with Gasteiger partial charge in [-0.15, -0.1) is 0 Å². The van der Waals surface area contributed by atoms with Crippen LogP contribution in [0.1, 0.15) is 37.0 Å². The van der Waals surface area contributed by atoms with Crippen molar-refractivity contribution >= 4 is 61.7 Å². The molecule has 0 spiro atoms. The lowest BCUT2D eigenvalue weighted by molar-refractivity contribution is -0.140. The van der Waals surface area contributed by atoms with E-state index < -0.39 is 22.6 Å². The highest BCUT2D eigenvalue weighted by Gasteiger charge is 2.48. The molecule has 3 atom stereocenters. The summed E-state index contributed by atoms with van der Waals surface area (Å²) >= 11 is 11.9. The monoisotopic (exact) mass is 630 g/mol.